The highest BCUT2D eigenvalue weighted by Crippen LogP contribution is 2.12. The van der Waals surface area contributed by atoms with E-state index < -0.39 is 0 Å². The molecule has 0 amide bonds. The fraction of sp³-hybridized carbons (Fsp3) is 0.182. The minimum absolute atomic E-state index is 0.237. The molecule has 0 spiro atoms. The van der Waals surface area contributed by atoms with Gasteiger partial charge >= 0.3 is 0 Å². The van der Waals surface area contributed by atoms with Gasteiger partial charge in [-0.05, 0) is 11.4 Å². The first kappa shape index (κ1) is 11.4. The highest BCUT2D eigenvalue weighted by molar-refractivity contribution is 7.09. The van der Waals surface area contributed by atoms with Gasteiger partial charge in [-0.15, -0.1) is 11.3 Å². The Kier molecular flexibility index (Phi) is 3.89. The molecular formula is C11H11N5S. The summed E-state index contributed by atoms with van der Waals surface area (Å²) in [6.45, 7) is 0.980. The summed E-state index contributed by atoms with van der Waals surface area (Å²) in [4.78, 5) is 9.36. The van der Waals surface area contributed by atoms with Crippen molar-refractivity contribution >= 4 is 23.0 Å². The first-order valence-electron chi connectivity index (χ1n) is 5.07. The highest BCUT2D eigenvalue weighted by Gasteiger charge is 1.98. The van der Waals surface area contributed by atoms with Crippen molar-refractivity contribution in [2.75, 3.05) is 17.2 Å². The van der Waals surface area contributed by atoms with Crippen LogP contribution in [0.2, 0.25) is 0 Å². The standard InChI is InChI=1S/C11H11N5S/c12-3-4-13-10-6-11(16-8-15-10)14-7-9-2-1-5-17-9/h1-2,5-6,8H,4,7H2,(H2,13,14,15,16). The van der Waals surface area contributed by atoms with Gasteiger partial charge in [-0.3, -0.25) is 0 Å². The largest absolute Gasteiger partial charge is 0.365 e. The van der Waals surface area contributed by atoms with E-state index in [1.807, 2.05) is 17.5 Å². The van der Waals surface area contributed by atoms with Gasteiger partial charge < -0.3 is 10.6 Å². The van der Waals surface area contributed by atoms with E-state index in [4.69, 9.17) is 5.26 Å². The molecule has 0 saturated carbocycles. The van der Waals surface area contributed by atoms with E-state index in [0.29, 0.717) is 5.82 Å². The second-order valence-corrected chi connectivity index (χ2v) is 4.27. The van der Waals surface area contributed by atoms with E-state index in [1.165, 1.54) is 11.2 Å². The van der Waals surface area contributed by atoms with E-state index in [2.05, 4.69) is 26.7 Å². The second kappa shape index (κ2) is 5.82. The smallest absolute Gasteiger partial charge is 0.132 e. The Balaban J connectivity index is 1.94. The van der Waals surface area contributed by atoms with Crippen molar-refractivity contribution in [2.45, 2.75) is 6.54 Å². The maximum atomic E-state index is 8.46. The number of nitriles is 1. The Bertz CT molecular complexity index is 503. The molecule has 0 aromatic carbocycles. The zero-order chi connectivity index (χ0) is 11.9. The molecule has 86 valence electrons. The van der Waals surface area contributed by atoms with Crippen LogP contribution >= 0.6 is 11.3 Å². The van der Waals surface area contributed by atoms with Crippen molar-refractivity contribution in [1.82, 2.24) is 9.97 Å². The van der Waals surface area contributed by atoms with E-state index in [9.17, 15) is 0 Å². The predicted octanol–water partition coefficient (Wildman–Crippen LogP) is 2.09. The third kappa shape index (κ3) is 3.43. The molecule has 0 bridgehead atoms. The van der Waals surface area contributed by atoms with Crippen LogP contribution in [0, 0.1) is 11.3 Å². The highest BCUT2D eigenvalue weighted by atomic mass is 32.1. The van der Waals surface area contributed by atoms with Crippen molar-refractivity contribution in [1.29, 1.82) is 5.26 Å². The number of thiophene rings is 1. The molecule has 0 aliphatic rings. The average molecular weight is 245 g/mol. The zero-order valence-corrected chi connectivity index (χ0v) is 9.87. The van der Waals surface area contributed by atoms with Gasteiger partial charge in [0.25, 0.3) is 0 Å². The van der Waals surface area contributed by atoms with E-state index in [0.717, 1.165) is 12.4 Å². The van der Waals surface area contributed by atoms with Gasteiger partial charge in [0.1, 0.15) is 24.5 Å². The molecule has 17 heavy (non-hydrogen) atoms. The lowest BCUT2D eigenvalue weighted by molar-refractivity contribution is 1.09. The van der Waals surface area contributed by atoms with Gasteiger partial charge in [0.05, 0.1) is 12.6 Å². The van der Waals surface area contributed by atoms with Crippen molar-refractivity contribution < 1.29 is 0 Å². The molecule has 0 fully saturated rings. The lowest BCUT2D eigenvalue weighted by Gasteiger charge is -2.05. The van der Waals surface area contributed by atoms with Crippen molar-refractivity contribution in [2.24, 2.45) is 0 Å². The summed E-state index contributed by atoms with van der Waals surface area (Å²) in [6.07, 6.45) is 1.47. The fourth-order valence-corrected chi connectivity index (χ4v) is 1.92. The monoisotopic (exact) mass is 245 g/mol. The molecule has 0 aliphatic carbocycles. The molecule has 0 atom stereocenters. The Morgan fingerprint density at radius 2 is 2.12 bits per heavy atom. The molecule has 2 rings (SSSR count). The molecule has 2 aromatic rings. The summed E-state index contributed by atoms with van der Waals surface area (Å²) in [5.41, 5.74) is 0. The van der Waals surface area contributed by atoms with Gasteiger partial charge in [-0.2, -0.15) is 5.26 Å². The molecule has 0 radical (unpaired) electrons. The summed E-state index contributed by atoms with van der Waals surface area (Å²) in [5.74, 6) is 1.39. The number of hydrogen-bond acceptors (Lipinski definition) is 6. The number of aromatic nitrogens is 2. The third-order valence-electron chi connectivity index (χ3n) is 2.04. The lowest BCUT2D eigenvalue weighted by atomic mass is 10.4. The zero-order valence-electron chi connectivity index (χ0n) is 9.05. The lowest BCUT2D eigenvalue weighted by Crippen LogP contribution is -2.04. The molecule has 6 heteroatoms. The Morgan fingerprint density at radius 3 is 2.82 bits per heavy atom. The molecule has 2 heterocycles. The number of anilines is 2. The van der Waals surface area contributed by atoms with Gasteiger partial charge in [-0.25, -0.2) is 9.97 Å². The first-order valence-corrected chi connectivity index (χ1v) is 5.95. The van der Waals surface area contributed by atoms with Crippen LogP contribution in [0.5, 0.6) is 0 Å². The van der Waals surface area contributed by atoms with Gasteiger partial charge in [-0.1, -0.05) is 6.07 Å². The topological polar surface area (TPSA) is 73.6 Å². The van der Waals surface area contributed by atoms with E-state index in [1.54, 1.807) is 17.4 Å². The van der Waals surface area contributed by atoms with Crippen LogP contribution in [0.15, 0.2) is 29.9 Å². The summed E-state index contributed by atoms with van der Waals surface area (Å²) in [7, 11) is 0. The number of nitrogens with one attached hydrogen (secondary N) is 2. The summed E-state index contributed by atoms with van der Waals surface area (Å²) < 4.78 is 0. The molecule has 5 nitrogen and oxygen atoms in total. The summed E-state index contributed by atoms with van der Waals surface area (Å²) in [5, 5.41) is 16.6. The van der Waals surface area contributed by atoms with Crippen LogP contribution in [-0.4, -0.2) is 16.5 Å². The van der Waals surface area contributed by atoms with Gasteiger partial charge in [0.15, 0.2) is 0 Å². The molecular weight excluding hydrogens is 234 g/mol. The third-order valence-corrected chi connectivity index (χ3v) is 2.92. The van der Waals surface area contributed by atoms with Crippen LogP contribution < -0.4 is 10.6 Å². The Hall–Kier alpha value is -2.13. The fourth-order valence-electron chi connectivity index (χ4n) is 1.27. The molecule has 2 N–H and O–H groups in total. The van der Waals surface area contributed by atoms with Crippen molar-refractivity contribution in [3.63, 3.8) is 0 Å². The Labute approximate surface area is 103 Å². The number of hydrogen-bond donors (Lipinski definition) is 2. The maximum Gasteiger partial charge on any atom is 0.132 e. The number of rotatable bonds is 5. The molecule has 2 aromatic heterocycles. The molecule has 0 aliphatic heterocycles. The van der Waals surface area contributed by atoms with Crippen molar-refractivity contribution in [3.8, 4) is 6.07 Å². The van der Waals surface area contributed by atoms with Crippen LogP contribution in [0.1, 0.15) is 4.88 Å². The van der Waals surface area contributed by atoms with E-state index in [-0.39, 0.29) is 6.54 Å². The van der Waals surface area contributed by atoms with Crippen LogP contribution in [0.4, 0.5) is 11.6 Å². The molecule has 0 unspecified atom stereocenters. The SMILES string of the molecule is N#CCNc1cc(NCc2cccs2)ncn1. The normalized spacial score (nSPS) is 9.59. The quantitative estimate of drug-likeness (QED) is 0.789. The Morgan fingerprint density at radius 1 is 1.29 bits per heavy atom. The molecule has 0 saturated heterocycles. The van der Waals surface area contributed by atoms with Crippen LogP contribution in [-0.2, 0) is 6.54 Å². The minimum atomic E-state index is 0.237. The minimum Gasteiger partial charge on any atom is -0.365 e. The van der Waals surface area contributed by atoms with Crippen LogP contribution in [0.3, 0.4) is 0 Å². The number of nitrogens with zero attached hydrogens (tertiary/aromatic N) is 3. The van der Waals surface area contributed by atoms with Gasteiger partial charge in [0.2, 0.25) is 0 Å². The summed E-state index contributed by atoms with van der Waals surface area (Å²) >= 11 is 1.70. The maximum absolute atomic E-state index is 8.46. The van der Waals surface area contributed by atoms with Gasteiger partial charge in [0, 0.05) is 10.9 Å². The second-order valence-electron chi connectivity index (χ2n) is 3.23. The van der Waals surface area contributed by atoms with Crippen LogP contribution in [0.25, 0.3) is 0 Å². The average Bonchev–Trinajstić information content (AvgIpc) is 2.87. The van der Waals surface area contributed by atoms with E-state index >= 15 is 0 Å². The van der Waals surface area contributed by atoms with Crippen molar-refractivity contribution in [3.05, 3.63) is 34.8 Å². The summed E-state index contributed by atoms with van der Waals surface area (Å²) in [6, 6.07) is 7.86. The first-order chi connectivity index (χ1) is 8.38. The predicted molar refractivity (Wildman–Crippen MR) is 67.8 cm³/mol.